The number of likely N-dealkylation sites (tertiary alicyclic amines) is 1. The molecule has 6 nitrogen and oxygen atoms in total. The maximum absolute atomic E-state index is 12.2. The summed E-state index contributed by atoms with van der Waals surface area (Å²) in [7, 11) is 0. The Hall–Kier alpha value is -2.34. The Kier molecular flexibility index (Phi) is 6.06. The number of phenols is 1. The normalized spacial score (nSPS) is 18.2. The van der Waals surface area contributed by atoms with Crippen LogP contribution in [-0.4, -0.2) is 44.8 Å². The van der Waals surface area contributed by atoms with Gasteiger partial charge < -0.3 is 10.4 Å². The van der Waals surface area contributed by atoms with Gasteiger partial charge in [-0.1, -0.05) is 12.1 Å². The zero-order valence-corrected chi connectivity index (χ0v) is 14.5. The van der Waals surface area contributed by atoms with Crippen molar-refractivity contribution in [2.75, 3.05) is 13.1 Å². The van der Waals surface area contributed by atoms with E-state index in [0.29, 0.717) is 12.2 Å². The van der Waals surface area contributed by atoms with Gasteiger partial charge in [-0.2, -0.15) is 5.10 Å². The zero-order valence-electron chi connectivity index (χ0n) is 14.5. The van der Waals surface area contributed by atoms with Gasteiger partial charge in [0.2, 0.25) is 5.91 Å². The van der Waals surface area contributed by atoms with Crippen molar-refractivity contribution in [1.29, 1.82) is 0 Å². The number of hydrogen-bond acceptors (Lipinski definition) is 4. The first-order valence-electron chi connectivity index (χ1n) is 8.96. The third-order valence-corrected chi connectivity index (χ3v) is 4.54. The second-order valence-corrected chi connectivity index (χ2v) is 6.68. The van der Waals surface area contributed by atoms with Crippen molar-refractivity contribution >= 4 is 5.91 Å². The Morgan fingerprint density at radius 1 is 1.36 bits per heavy atom. The first-order chi connectivity index (χ1) is 12.2. The number of carbonyl (C=O) groups excluding carboxylic acids is 1. The topological polar surface area (TPSA) is 70.4 Å². The van der Waals surface area contributed by atoms with Crippen LogP contribution >= 0.6 is 0 Å². The van der Waals surface area contributed by atoms with Gasteiger partial charge in [0.15, 0.2) is 0 Å². The van der Waals surface area contributed by atoms with Crippen molar-refractivity contribution in [3.05, 3.63) is 48.3 Å². The predicted octanol–water partition coefficient (Wildman–Crippen LogP) is 2.15. The molecule has 134 valence electrons. The number of piperidine rings is 1. The Bertz CT molecular complexity index is 672. The molecule has 0 bridgehead atoms. The standard InChI is InChI=1S/C19H26N4O2/c24-18-7-1-5-16(13-18)14-22-10-2-6-17(15-22)21-19(25)8-3-11-23-12-4-9-20-23/h1,4-5,7,9,12-13,17,24H,2-3,6,8,10-11,14-15H2,(H,21,25). The summed E-state index contributed by atoms with van der Waals surface area (Å²) in [6.07, 6.45) is 7.11. The molecule has 0 aliphatic carbocycles. The maximum Gasteiger partial charge on any atom is 0.220 e. The maximum atomic E-state index is 12.2. The van der Waals surface area contributed by atoms with E-state index in [4.69, 9.17) is 0 Å². The van der Waals surface area contributed by atoms with E-state index in [1.807, 2.05) is 29.1 Å². The average molecular weight is 342 g/mol. The fourth-order valence-corrected chi connectivity index (χ4v) is 3.36. The summed E-state index contributed by atoms with van der Waals surface area (Å²) in [6.45, 7) is 3.47. The molecule has 25 heavy (non-hydrogen) atoms. The van der Waals surface area contributed by atoms with E-state index in [2.05, 4.69) is 15.3 Å². The van der Waals surface area contributed by atoms with Gasteiger partial charge in [-0.25, -0.2) is 0 Å². The van der Waals surface area contributed by atoms with Crippen LogP contribution in [0.1, 0.15) is 31.2 Å². The molecule has 1 amide bonds. The van der Waals surface area contributed by atoms with E-state index in [1.165, 1.54) is 0 Å². The van der Waals surface area contributed by atoms with E-state index in [1.54, 1.807) is 18.3 Å². The van der Waals surface area contributed by atoms with Crippen molar-refractivity contribution in [1.82, 2.24) is 20.0 Å². The van der Waals surface area contributed by atoms with Gasteiger partial charge in [-0.3, -0.25) is 14.4 Å². The molecule has 0 radical (unpaired) electrons. The number of hydrogen-bond donors (Lipinski definition) is 2. The first kappa shape index (κ1) is 17.5. The number of rotatable bonds is 7. The molecule has 2 aromatic rings. The van der Waals surface area contributed by atoms with Crippen molar-refractivity contribution in [2.45, 2.75) is 44.8 Å². The number of amides is 1. The largest absolute Gasteiger partial charge is 0.508 e. The van der Waals surface area contributed by atoms with Gasteiger partial charge in [-0.15, -0.1) is 0 Å². The summed E-state index contributed by atoms with van der Waals surface area (Å²) in [6, 6.07) is 9.49. The molecule has 0 spiro atoms. The summed E-state index contributed by atoms with van der Waals surface area (Å²) in [5, 5.41) is 16.9. The predicted molar refractivity (Wildman–Crippen MR) is 96.0 cm³/mol. The Morgan fingerprint density at radius 3 is 3.08 bits per heavy atom. The molecule has 1 unspecified atom stereocenters. The van der Waals surface area contributed by atoms with Crippen LogP contribution in [0, 0.1) is 0 Å². The number of nitrogens with zero attached hydrogens (tertiary/aromatic N) is 3. The van der Waals surface area contributed by atoms with Crippen LogP contribution in [0.2, 0.25) is 0 Å². The van der Waals surface area contributed by atoms with E-state index >= 15 is 0 Å². The highest BCUT2D eigenvalue weighted by molar-refractivity contribution is 5.76. The molecular weight excluding hydrogens is 316 g/mol. The molecule has 1 saturated heterocycles. The van der Waals surface area contributed by atoms with E-state index in [-0.39, 0.29) is 11.9 Å². The number of carbonyl (C=O) groups is 1. The average Bonchev–Trinajstić information content (AvgIpc) is 3.08. The lowest BCUT2D eigenvalue weighted by Gasteiger charge is -2.33. The number of aromatic hydroxyl groups is 1. The van der Waals surface area contributed by atoms with Crippen LogP contribution in [0.3, 0.4) is 0 Å². The smallest absolute Gasteiger partial charge is 0.220 e. The number of phenolic OH excluding ortho intramolecular Hbond substituents is 1. The van der Waals surface area contributed by atoms with E-state index in [9.17, 15) is 9.90 Å². The van der Waals surface area contributed by atoms with Crippen molar-refractivity contribution in [3.8, 4) is 5.75 Å². The molecular formula is C19H26N4O2. The number of nitrogens with one attached hydrogen (secondary N) is 1. The van der Waals surface area contributed by atoms with Gasteiger partial charge in [0.05, 0.1) is 0 Å². The number of aromatic nitrogens is 2. The molecule has 1 aliphatic rings. The Balaban J connectivity index is 1.40. The van der Waals surface area contributed by atoms with Gasteiger partial charge in [0.25, 0.3) is 0 Å². The van der Waals surface area contributed by atoms with E-state index in [0.717, 1.165) is 51.0 Å². The van der Waals surface area contributed by atoms with Crippen molar-refractivity contribution in [3.63, 3.8) is 0 Å². The SMILES string of the molecule is O=C(CCCn1cccn1)NC1CCCN(Cc2cccc(O)c2)C1. The fourth-order valence-electron chi connectivity index (χ4n) is 3.36. The second kappa shape index (κ2) is 8.67. The molecule has 2 heterocycles. The Morgan fingerprint density at radius 2 is 2.28 bits per heavy atom. The minimum atomic E-state index is 0.122. The highest BCUT2D eigenvalue weighted by atomic mass is 16.3. The minimum absolute atomic E-state index is 0.122. The summed E-state index contributed by atoms with van der Waals surface area (Å²) >= 11 is 0. The van der Waals surface area contributed by atoms with Crippen molar-refractivity contribution < 1.29 is 9.90 Å². The zero-order chi connectivity index (χ0) is 17.5. The Labute approximate surface area is 148 Å². The van der Waals surface area contributed by atoms with Crippen LogP contribution in [0.25, 0.3) is 0 Å². The van der Waals surface area contributed by atoms with Gasteiger partial charge in [0.1, 0.15) is 5.75 Å². The lowest BCUT2D eigenvalue weighted by molar-refractivity contribution is -0.122. The molecule has 1 aromatic carbocycles. The van der Waals surface area contributed by atoms with Crippen LogP contribution in [-0.2, 0) is 17.9 Å². The molecule has 0 saturated carbocycles. The third-order valence-electron chi connectivity index (χ3n) is 4.54. The molecule has 2 N–H and O–H groups in total. The molecule has 1 aliphatic heterocycles. The molecule has 3 rings (SSSR count). The van der Waals surface area contributed by atoms with Crippen LogP contribution < -0.4 is 5.32 Å². The van der Waals surface area contributed by atoms with Gasteiger partial charge in [0, 0.05) is 44.5 Å². The molecule has 6 heteroatoms. The van der Waals surface area contributed by atoms with Crippen molar-refractivity contribution in [2.24, 2.45) is 0 Å². The van der Waals surface area contributed by atoms with Crippen LogP contribution in [0.5, 0.6) is 5.75 Å². The fraction of sp³-hybridized carbons (Fsp3) is 0.474. The molecule has 1 atom stereocenters. The first-order valence-corrected chi connectivity index (χ1v) is 8.96. The number of aryl methyl sites for hydroxylation is 1. The second-order valence-electron chi connectivity index (χ2n) is 6.68. The van der Waals surface area contributed by atoms with Gasteiger partial charge >= 0.3 is 0 Å². The molecule has 1 fully saturated rings. The van der Waals surface area contributed by atoms with Gasteiger partial charge in [-0.05, 0) is 49.6 Å². The summed E-state index contributed by atoms with van der Waals surface area (Å²) in [5.41, 5.74) is 1.10. The van der Waals surface area contributed by atoms with E-state index < -0.39 is 0 Å². The number of benzene rings is 1. The summed E-state index contributed by atoms with van der Waals surface area (Å²) in [4.78, 5) is 14.5. The lowest BCUT2D eigenvalue weighted by Crippen LogP contribution is -2.47. The quantitative estimate of drug-likeness (QED) is 0.809. The minimum Gasteiger partial charge on any atom is -0.508 e. The third kappa shape index (κ3) is 5.60. The highest BCUT2D eigenvalue weighted by Crippen LogP contribution is 2.17. The molecule has 1 aromatic heterocycles. The summed E-state index contributed by atoms with van der Waals surface area (Å²) in [5.74, 6) is 0.424. The lowest BCUT2D eigenvalue weighted by atomic mass is 10.0. The van der Waals surface area contributed by atoms with Crippen LogP contribution in [0.15, 0.2) is 42.7 Å². The monoisotopic (exact) mass is 342 g/mol. The van der Waals surface area contributed by atoms with Crippen LogP contribution in [0.4, 0.5) is 0 Å². The summed E-state index contributed by atoms with van der Waals surface area (Å²) < 4.78 is 1.85. The highest BCUT2D eigenvalue weighted by Gasteiger charge is 2.21.